The Morgan fingerprint density at radius 1 is 1.32 bits per heavy atom. The number of piperidine rings is 1. The molecule has 0 saturated carbocycles. The number of aryl methyl sites for hydroxylation is 1. The number of amides is 1. The molecule has 3 rings (SSSR count). The highest BCUT2D eigenvalue weighted by atomic mass is 19.4. The van der Waals surface area contributed by atoms with E-state index in [1.165, 1.54) is 0 Å². The Morgan fingerprint density at radius 3 is 2.50 bits per heavy atom. The number of carbonyl (C=O) groups excluding carboxylic acids is 1. The molecule has 0 unspecified atom stereocenters. The molecule has 2 atom stereocenters. The Balaban J connectivity index is 0.000000345. The van der Waals surface area contributed by atoms with Crippen molar-refractivity contribution < 1.29 is 32.3 Å². The smallest absolute Gasteiger partial charge is 0.475 e. The average Bonchev–Trinajstić information content (AvgIpc) is 3.25. The maximum Gasteiger partial charge on any atom is 0.490 e. The molecule has 2 saturated heterocycles. The van der Waals surface area contributed by atoms with E-state index in [2.05, 4.69) is 30.5 Å². The van der Waals surface area contributed by atoms with Crippen LogP contribution in [0.4, 0.5) is 13.2 Å². The molecule has 2 aliphatic rings. The number of aliphatic carboxylic acids is 1. The third kappa shape index (κ3) is 5.37. The molecule has 156 valence electrons. The van der Waals surface area contributed by atoms with Crippen molar-refractivity contribution in [2.75, 3.05) is 13.1 Å². The van der Waals surface area contributed by atoms with Gasteiger partial charge in [0.05, 0.1) is 6.54 Å². The lowest BCUT2D eigenvalue weighted by Gasteiger charge is -2.39. The third-order valence-corrected chi connectivity index (χ3v) is 4.99. The van der Waals surface area contributed by atoms with E-state index in [0.29, 0.717) is 25.0 Å². The van der Waals surface area contributed by atoms with E-state index in [-0.39, 0.29) is 5.91 Å². The van der Waals surface area contributed by atoms with Gasteiger partial charge in [0.1, 0.15) is 11.5 Å². The molecule has 1 amide bonds. The first kappa shape index (κ1) is 22.0. The molecule has 1 N–H and O–H groups in total. The number of carbonyl (C=O) groups is 2. The van der Waals surface area contributed by atoms with Crippen LogP contribution in [-0.2, 0) is 22.6 Å². The Hall–Kier alpha value is -2.29. The predicted octanol–water partition coefficient (Wildman–Crippen LogP) is 3.23. The summed E-state index contributed by atoms with van der Waals surface area (Å²) in [5, 5.41) is 7.12. The second-order valence-electron chi connectivity index (χ2n) is 6.79. The molecule has 0 spiro atoms. The first-order valence-electron chi connectivity index (χ1n) is 9.19. The summed E-state index contributed by atoms with van der Waals surface area (Å²) in [6, 6.07) is 4.97. The molecule has 2 aliphatic heterocycles. The van der Waals surface area contributed by atoms with Gasteiger partial charge in [-0.15, -0.1) is 6.58 Å². The second-order valence-corrected chi connectivity index (χ2v) is 6.79. The van der Waals surface area contributed by atoms with Crippen LogP contribution >= 0.6 is 0 Å². The summed E-state index contributed by atoms with van der Waals surface area (Å²) in [5.41, 5.74) is 0. The summed E-state index contributed by atoms with van der Waals surface area (Å²) < 4.78 is 37.6. The van der Waals surface area contributed by atoms with E-state index in [1.54, 1.807) is 0 Å². The number of furan rings is 1. The molecular formula is C19H25F3N2O4. The van der Waals surface area contributed by atoms with Crippen molar-refractivity contribution in [2.45, 2.75) is 57.4 Å². The molecule has 0 radical (unpaired) electrons. The first-order valence-corrected chi connectivity index (χ1v) is 9.19. The number of fused-ring (bicyclic) bond motifs is 1. The van der Waals surface area contributed by atoms with Crippen molar-refractivity contribution in [1.82, 2.24) is 9.80 Å². The van der Waals surface area contributed by atoms with Crippen molar-refractivity contribution in [3.8, 4) is 0 Å². The van der Waals surface area contributed by atoms with E-state index in [0.717, 1.165) is 43.9 Å². The summed E-state index contributed by atoms with van der Waals surface area (Å²) in [7, 11) is 0. The SMILES string of the molecule is C=CCN1C(=O)CC[C@H]2[C@@H]1CCN2Cc1ccc(CC)o1.O=C(O)C(F)(F)F. The normalized spacial score (nSPS) is 22.4. The maximum atomic E-state index is 12.1. The summed E-state index contributed by atoms with van der Waals surface area (Å²) >= 11 is 0. The Morgan fingerprint density at radius 2 is 1.96 bits per heavy atom. The lowest BCUT2D eigenvalue weighted by molar-refractivity contribution is -0.192. The first-order chi connectivity index (χ1) is 13.2. The van der Waals surface area contributed by atoms with E-state index in [9.17, 15) is 18.0 Å². The number of nitrogens with zero attached hydrogens (tertiary/aromatic N) is 2. The number of carboxylic acid groups (broad SMARTS) is 1. The van der Waals surface area contributed by atoms with E-state index in [1.807, 2.05) is 11.0 Å². The zero-order valence-electron chi connectivity index (χ0n) is 15.7. The molecule has 2 fully saturated rings. The number of alkyl halides is 3. The van der Waals surface area contributed by atoms with Crippen molar-refractivity contribution in [3.05, 3.63) is 36.3 Å². The van der Waals surface area contributed by atoms with Gasteiger partial charge in [-0.05, 0) is 25.0 Å². The largest absolute Gasteiger partial charge is 0.490 e. The van der Waals surface area contributed by atoms with Gasteiger partial charge in [-0.25, -0.2) is 4.79 Å². The zero-order chi connectivity index (χ0) is 20.9. The van der Waals surface area contributed by atoms with E-state index >= 15 is 0 Å². The molecule has 3 heterocycles. The molecule has 1 aromatic heterocycles. The summed E-state index contributed by atoms with van der Waals surface area (Å²) in [5.74, 6) is -0.385. The Labute approximate surface area is 161 Å². The second kappa shape index (κ2) is 9.27. The maximum absolute atomic E-state index is 12.1. The van der Waals surface area contributed by atoms with Crippen molar-refractivity contribution in [2.24, 2.45) is 0 Å². The zero-order valence-corrected chi connectivity index (χ0v) is 15.7. The van der Waals surface area contributed by atoms with Gasteiger partial charge in [-0.2, -0.15) is 13.2 Å². The highest BCUT2D eigenvalue weighted by molar-refractivity contribution is 5.78. The minimum absolute atomic E-state index is 0.282. The van der Waals surface area contributed by atoms with Crippen molar-refractivity contribution in [1.29, 1.82) is 0 Å². The van der Waals surface area contributed by atoms with Crippen LogP contribution in [0.3, 0.4) is 0 Å². The summed E-state index contributed by atoms with van der Waals surface area (Å²) in [4.78, 5) is 25.5. The minimum Gasteiger partial charge on any atom is -0.475 e. The minimum atomic E-state index is -5.08. The van der Waals surface area contributed by atoms with Gasteiger partial charge in [0.25, 0.3) is 0 Å². The molecule has 9 heteroatoms. The molecule has 1 aromatic rings. The topological polar surface area (TPSA) is 74.0 Å². The van der Waals surface area contributed by atoms with Crippen molar-refractivity contribution >= 4 is 11.9 Å². The van der Waals surface area contributed by atoms with Crippen LogP contribution in [0.1, 0.15) is 37.7 Å². The summed E-state index contributed by atoms with van der Waals surface area (Å²) in [6.45, 7) is 8.46. The molecule has 6 nitrogen and oxygen atoms in total. The fourth-order valence-corrected chi connectivity index (χ4v) is 3.71. The van der Waals surface area contributed by atoms with E-state index < -0.39 is 12.1 Å². The predicted molar refractivity (Wildman–Crippen MR) is 95.5 cm³/mol. The molecule has 28 heavy (non-hydrogen) atoms. The van der Waals surface area contributed by atoms with Crippen LogP contribution in [0.15, 0.2) is 29.2 Å². The third-order valence-electron chi connectivity index (χ3n) is 4.99. The van der Waals surface area contributed by atoms with Gasteiger partial charge in [-0.1, -0.05) is 13.0 Å². The van der Waals surface area contributed by atoms with Crippen LogP contribution in [0.25, 0.3) is 0 Å². The fraction of sp³-hybridized carbons (Fsp3) is 0.579. The quantitative estimate of drug-likeness (QED) is 0.766. The lowest BCUT2D eigenvalue weighted by Crippen LogP contribution is -2.52. The number of hydrogen-bond acceptors (Lipinski definition) is 4. The molecular weight excluding hydrogens is 377 g/mol. The van der Waals surface area contributed by atoms with Crippen LogP contribution in [0.5, 0.6) is 0 Å². The lowest BCUT2D eigenvalue weighted by atomic mass is 9.96. The van der Waals surface area contributed by atoms with Gasteiger partial charge in [-0.3, -0.25) is 9.69 Å². The van der Waals surface area contributed by atoms with Gasteiger partial charge >= 0.3 is 12.1 Å². The number of hydrogen-bond donors (Lipinski definition) is 1. The fourth-order valence-electron chi connectivity index (χ4n) is 3.71. The number of rotatable bonds is 5. The van der Waals surface area contributed by atoms with Gasteiger partial charge in [0, 0.05) is 38.0 Å². The highest BCUT2D eigenvalue weighted by Crippen LogP contribution is 2.32. The molecule has 0 aromatic carbocycles. The van der Waals surface area contributed by atoms with Crippen molar-refractivity contribution in [3.63, 3.8) is 0 Å². The van der Waals surface area contributed by atoms with Crippen LogP contribution < -0.4 is 0 Å². The number of halogens is 3. The monoisotopic (exact) mass is 402 g/mol. The molecule has 0 bridgehead atoms. The van der Waals surface area contributed by atoms with Gasteiger partial charge in [0.15, 0.2) is 0 Å². The van der Waals surface area contributed by atoms with Gasteiger partial charge < -0.3 is 14.4 Å². The Kier molecular flexibility index (Phi) is 7.29. The average molecular weight is 402 g/mol. The number of carboxylic acids is 1. The van der Waals surface area contributed by atoms with Gasteiger partial charge in [0.2, 0.25) is 5.91 Å². The van der Waals surface area contributed by atoms with Crippen LogP contribution in [0.2, 0.25) is 0 Å². The summed E-state index contributed by atoms with van der Waals surface area (Å²) in [6.07, 6.45) is 0.380. The van der Waals surface area contributed by atoms with Crippen LogP contribution in [0, 0.1) is 0 Å². The standard InChI is InChI=1S/C17H24N2O2.C2HF3O2/c1-3-10-19-16-9-11-18(15(16)7-8-17(19)20)12-14-6-5-13(4-2)21-14;3-2(4,5)1(6)7/h3,5-6,15-16H,1,4,7-12H2,2H3;(H,6,7)/t15-,16-;/m0./s1. The molecule has 0 aliphatic carbocycles. The van der Waals surface area contributed by atoms with Crippen LogP contribution in [-0.4, -0.2) is 58.1 Å². The number of likely N-dealkylation sites (tertiary alicyclic amines) is 2. The van der Waals surface area contributed by atoms with E-state index in [4.69, 9.17) is 14.3 Å². The Bertz CT molecular complexity index is 702. The highest BCUT2D eigenvalue weighted by Gasteiger charge is 2.42.